The van der Waals surface area contributed by atoms with E-state index in [2.05, 4.69) is 4.98 Å². The molecule has 1 rings (SSSR count). The Kier molecular flexibility index (Phi) is 2.59. The molecule has 0 bridgehead atoms. The van der Waals surface area contributed by atoms with Crippen LogP contribution in [0.4, 0.5) is 0 Å². The van der Waals surface area contributed by atoms with E-state index < -0.39 is 0 Å². The van der Waals surface area contributed by atoms with Crippen LogP contribution in [0, 0.1) is 11.3 Å². The number of pyridine rings is 1. The Labute approximate surface area is 65.5 Å². The van der Waals surface area contributed by atoms with E-state index in [1.165, 1.54) is 0 Å². The van der Waals surface area contributed by atoms with E-state index in [1.54, 1.807) is 12.4 Å². The molecular weight excluding hydrogens is 138 g/mol. The van der Waals surface area contributed by atoms with Gasteiger partial charge in [0.05, 0.1) is 12.5 Å². The van der Waals surface area contributed by atoms with Crippen molar-refractivity contribution in [3.8, 4) is 6.07 Å². The maximum Gasteiger partial charge on any atom is 0.0641 e. The number of nitrogens with zero attached hydrogens (tertiary/aromatic N) is 2. The van der Waals surface area contributed by atoms with Crippen LogP contribution >= 0.6 is 0 Å². The Morgan fingerprint density at radius 1 is 1.73 bits per heavy atom. The molecule has 56 valence electrons. The highest BCUT2D eigenvalue weighted by atomic mass is 14.7. The summed E-state index contributed by atoms with van der Waals surface area (Å²) in [6, 6.07) is 5.50. The minimum absolute atomic E-state index is 0.200. The van der Waals surface area contributed by atoms with Gasteiger partial charge in [-0.05, 0) is 11.6 Å². The maximum absolute atomic E-state index is 8.35. The highest BCUT2D eigenvalue weighted by Crippen LogP contribution is 2.10. The first-order valence-electron chi connectivity index (χ1n) is 3.37. The molecule has 1 atom stereocenters. The van der Waals surface area contributed by atoms with Crippen molar-refractivity contribution in [3.05, 3.63) is 30.1 Å². The lowest BCUT2D eigenvalue weighted by Crippen LogP contribution is -2.08. The van der Waals surface area contributed by atoms with Crippen LogP contribution in [0.2, 0.25) is 0 Å². The summed E-state index contributed by atoms with van der Waals surface area (Å²) in [5.74, 6) is 0. The Balaban J connectivity index is 2.70. The Bertz CT molecular complexity index is 250. The molecule has 0 aliphatic rings. The van der Waals surface area contributed by atoms with Crippen LogP contribution in [0.25, 0.3) is 0 Å². The predicted molar refractivity (Wildman–Crippen MR) is 41.4 cm³/mol. The van der Waals surface area contributed by atoms with Gasteiger partial charge in [-0.15, -0.1) is 0 Å². The van der Waals surface area contributed by atoms with Crippen LogP contribution in [0.5, 0.6) is 0 Å². The monoisotopic (exact) mass is 147 g/mol. The molecule has 0 fully saturated rings. The zero-order valence-corrected chi connectivity index (χ0v) is 6.07. The fourth-order valence-corrected chi connectivity index (χ4v) is 0.812. The number of aromatic nitrogens is 1. The second kappa shape index (κ2) is 3.69. The average Bonchev–Trinajstić information content (AvgIpc) is 2.07. The van der Waals surface area contributed by atoms with Crippen molar-refractivity contribution in [2.45, 2.75) is 12.5 Å². The van der Waals surface area contributed by atoms with Crippen molar-refractivity contribution < 1.29 is 0 Å². The summed E-state index contributed by atoms with van der Waals surface area (Å²) in [5, 5.41) is 8.35. The van der Waals surface area contributed by atoms with Crippen LogP contribution in [-0.2, 0) is 0 Å². The van der Waals surface area contributed by atoms with Crippen LogP contribution in [-0.4, -0.2) is 4.98 Å². The number of rotatable bonds is 2. The summed E-state index contributed by atoms with van der Waals surface area (Å²) >= 11 is 0. The number of hydrogen-bond donors (Lipinski definition) is 1. The van der Waals surface area contributed by atoms with E-state index in [-0.39, 0.29) is 6.04 Å². The fraction of sp³-hybridized carbons (Fsp3) is 0.250. The van der Waals surface area contributed by atoms with E-state index in [4.69, 9.17) is 11.0 Å². The van der Waals surface area contributed by atoms with E-state index in [0.29, 0.717) is 6.42 Å². The van der Waals surface area contributed by atoms with Gasteiger partial charge in [-0.3, -0.25) is 4.98 Å². The van der Waals surface area contributed by atoms with Crippen LogP contribution in [0.3, 0.4) is 0 Å². The van der Waals surface area contributed by atoms with Crippen molar-refractivity contribution in [2.75, 3.05) is 0 Å². The zero-order valence-electron chi connectivity index (χ0n) is 6.07. The minimum Gasteiger partial charge on any atom is -0.323 e. The van der Waals surface area contributed by atoms with Crippen LogP contribution < -0.4 is 5.73 Å². The van der Waals surface area contributed by atoms with Gasteiger partial charge in [0.1, 0.15) is 0 Å². The van der Waals surface area contributed by atoms with Gasteiger partial charge in [-0.25, -0.2) is 0 Å². The van der Waals surface area contributed by atoms with Crippen molar-refractivity contribution in [1.82, 2.24) is 4.98 Å². The Morgan fingerprint density at radius 2 is 2.55 bits per heavy atom. The molecule has 0 saturated carbocycles. The van der Waals surface area contributed by atoms with Gasteiger partial charge in [0.15, 0.2) is 0 Å². The van der Waals surface area contributed by atoms with Gasteiger partial charge in [0, 0.05) is 18.4 Å². The van der Waals surface area contributed by atoms with Crippen molar-refractivity contribution >= 4 is 0 Å². The second-order valence-corrected chi connectivity index (χ2v) is 2.26. The van der Waals surface area contributed by atoms with Gasteiger partial charge >= 0.3 is 0 Å². The zero-order chi connectivity index (χ0) is 8.10. The molecule has 0 unspecified atom stereocenters. The van der Waals surface area contributed by atoms with Crippen LogP contribution in [0.1, 0.15) is 18.0 Å². The van der Waals surface area contributed by atoms with E-state index in [9.17, 15) is 0 Å². The summed E-state index contributed by atoms with van der Waals surface area (Å²) < 4.78 is 0. The highest BCUT2D eigenvalue weighted by molar-refractivity contribution is 5.14. The van der Waals surface area contributed by atoms with Crippen molar-refractivity contribution in [3.63, 3.8) is 0 Å². The summed E-state index contributed by atoms with van der Waals surface area (Å²) in [4.78, 5) is 3.90. The normalized spacial score (nSPS) is 12.0. The van der Waals surface area contributed by atoms with Gasteiger partial charge in [0.25, 0.3) is 0 Å². The lowest BCUT2D eigenvalue weighted by molar-refractivity contribution is 0.744. The summed E-state index contributed by atoms with van der Waals surface area (Å²) in [7, 11) is 0. The molecular formula is C8H9N3. The molecule has 0 aliphatic carbocycles. The molecule has 3 heteroatoms. The van der Waals surface area contributed by atoms with E-state index >= 15 is 0 Å². The average molecular weight is 147 g/mol. The third-order valence-electron chi connectivity index (χ3n) is 1.42. The molecule has 0 saturated heterocycles. The molecule has 0 radical (unpaired) electrons. The Hall–Kier alpha value is -1.40. The van der Waals surface area contributed by atoms with Crippen molar-refractivity contribution in [1.29, 1.82) is 5.26 Å². The van der Waals surface area contributed by atoms with Crippen LogP contribution in [0.15, 0.2) is 24.5 Å². The lowest BCUT2D eigenvalue weighted by atomic mass is 10.1. The van der Waals surface area contributed by atoms with Gasteiger partial charge in [0.2, 0.25) is 0 Å². The summed E-state index contributed by atoms with van der Waals surface area (Å²) in [5.41, 5.74) is 6.55. The summed E-state index contributed by atoms with van der Waals surface area (Å²) in [6.45, 7) is 0. The standard InChI is InChI=1S/C8H9N3/c9-4-3-8(10)7-2-1-5-11-6-7/h1-2,5-6,8H,3,10H2/t8-/m0/s1. The third kappa shape index (κ3) is 2.03. The molecule has 1 heterocycles. The fourth-order valence-electron chi connectivity index (χ4n) is 0.812. The molecule has 3 nitrogen and oxygen atoms in total. The first kappa shape index (κ1) is 7.70. The lowest BCUT2D eigenvalue weighted by Gasteiger charge is -2.04. The highest BCUT2D eigenvalue weighted by Gasteiger charge is 2.02. The molecule has 1 aromatic rings. The van der Waals surface area contributed by atoms with Gasteiger partial charge in [-0.2, -0.15) is 5.26 Å². The number of hydrogen-bond acceptors (Lipinski definition) is 3. The molecule has 0 aromatic carbocycles. The minimum atomic E-state index is -0.200. The van der Waals surface area contributed by atoms with Gasteiger partial charge < -0.3 is 5.73 Å². The molecule has 11 heavy (non-hydrogen) atoms. The topological polar surface area (TPSA) is 62.7 Å². The smallest absolute Gasteiger partial charge is 0.0641 e. The number of nitrogens with two attached hydrogens (primary N) is 1. The SMILES string of the molecule is N#CC[C@H](N)c1cccnc1. The molecule has 0 spiro atoms. The molecule has 1 aromatic heterocycles. The quantitative estimate of drug-likeness (QED) is 0.678. The number of nitriles is 1. The first-order valence-corrected chi connectivity index (χ1v) is 3.37. The van der Waals surface area contributed by atoms with Gasteiger partial charge in [-0.1, -0.05) is 6.07 Å². The van der Waals surface area contributed by atoms with E-state index in [0.717, 1.165) is 5.56 Å². The second-order valence-electron chi connectivity index (χ2n) is 2.26. The molecule has 0 amide bonds. The Morgan fingerprint density at radius 3 is 3.09 bits per heavy atom. The first-order chi connectivity index (χ1) is 5.34. The molecule has 0 aliphatic heterocycles. The molecule has 2 N–H and O–H groups in total. The largest absolute Gasteiger partial charge is 0.323 e. The summed E-state index contributed by atoms with van der Waals surface area (Å²) in [6.07, 6.45) is 3.70. The maximum atomic E-state index is 8.35. The van der Waals surface area contributed by atoms with E-state index in [1.807, 2.05) is 18.2 Å². The van der Waals surface area contributed by atoms with Crippen molar-refractivity contribution in [2.24, 2.45) is 5.73 Å². The third-order valence-corrected chi connectivity index (χ3v) is 1.42. The predicted octanol–water partition coefficient (Wildman–Crippen LogP) is 0.995.